The van der Waals surface area contributed by atoms with Gasteiger partial charge < -0.3 is 14.2 Å². The highest BCUT2D eigenvalue weighted by molar-refractivity contribution is 6.74. The molecular weight excluding hydrogens is 231 g/mol. The highest BCUT2D eigenvalue weighted by atomic mass is 15.3. The zero-order valence-corrected chi connectivity index (χ0v) is 14.6. The Hall–Kier alpha value is 0.0748. The fourth-order valence-corrected chi connectivity index (χ4v) is 2.44. The Kier molecular flexibility index (Phi) is 4.62. The van der Waals surface area contributed by atoms with Crippen LogP contribution in [0.3, 0.4) is 0 Å². The highest BCUT2D eigenvalue weighted by Crippen LogP contribution is 2.28. The molecule has 1 saturated heterocycles. The van der Waals surface area contributed by atoms with E-state index in [0.717, 1.165) is 0 Å². The standard InChI is InChI=1S/C13H30B3N3/c1-11(2,3)17-14-18(12(4,5)6)16(10)19(15-17)13(7,8)9/h1-10H3. The first-order chi connectivity index (χ1) is 8.24. The number of hydrogen-bond donors (Lipinski definition) is 0. The van der Waals surface area contributed by atoms with Gasteiger partial charge in [0.1, 0.15) is 0 Å². The summed E-state index contributed by atoms with van der Waals surface area (Å²) in [5, 5.41) is 0. The van der Waals surface area contributed by atoms with E-state index in [4.69, 9.17) is 0 Å². The maximum Gasteiger partial charge on any atom is 0.291 e. The molecule has 6 heteroatoms. The van der Waals surface area contributed by atoms with E-state index in [1.165, 1.54) is 0 Å². The molecule has 1 aliphatic rings. The molecule has 0 amide bonds. The van der Waals surface area contributed by atoms with Crippen LogP contribution in [0, 0.1) is 0 Å². The molecule has 1 rings (SSSR count). The van der Waals surface area contributed by atoms with Crippen LogP contribution in [-0.2, 0) is 0 Å². The molecule has 0 aromatic rings. The molecule has 1 aliphatic heterocycles. The highest BCUT2D eigenvalue weighted by Gasteiger charge is 2.46. The number of rotatable bonds is 0. The second-order valence-electron chi connectivity index (χ2n) is 8.60. The van der Waals surface area contributed by atoms with Crippen molar-refractivity contribution >= 4 is 22.1 Å². The molecule has 0 atom stereocenters. The molecule has 0 N–H and O–H groups in total. The third-order valence-corrected chi connectivity index (χ3v) is 3.63. The second-order valence-corrected chi connectivity index (χ2v) is 8.60. The molecule has 0 aliphatic carbocycles. The van der Waals surface area contributed by atoms with Gasteiger partial charge in [-0.3, -0.25) is 0 Å². The average Bonchev–Trinajstić information content (AvgIpc) is 2.11. The quantitative estimate of drug-likeness (QED) is 0.620. The lowest BCUT2D eigenvalue weighted by atomic mass is 9.54. The zero-order valence-electron chi connectivity index (χ0n) is 14.6. The third kappa shape index (κ3) is 4.02. The maximum atomic E-state index is 2.45. The summed E-state index contributed by atoms with van der Waals surface area (Å²) >= 11 is 0. The molecule has 2 radical (unpaired) electrons. The van der Waals surface area contributed by atoms with Gasteiger partial charge in [-0.15, -0.1) is 0 Å². The first-order valence-electron chi connectivity index (χ1n) is 7.30. The summed E-state index contributed by atoms with van der Waals surface area (Å²) in [6.45, 7) is 23.0. The summed E-state index contributed by atoms with van der Waals surface area (Å²) in [5.74, 6) is 0. The van der Waals surface area contributed by atoms with Crippen molar-refractivity contribution < 1.29 is 0 Å². The van der Waals surface area contributed by atoms with Crippen molar-refractivity contribution in [2.75, 3.05) is 0 Å². The summed E-state index contributed by atoms with van der Waals surface area (Å²) < 4.78 is 7.22. The lowest BCUT2D eigenvalue weighted by molar-refractivity contribution is 0.241. The monoisotopic (exact) mass is 261 g/mol. The Morgan fingerprint density at radius 3 is 1.16 bits per heavy atom. The Morgan fingerprint density at radius 1 is 0.632 bits per heavy atom. The van der Waals surface area contributed by atoms with Gasteiger partial charge in [0.05, 0.1) is 0 Å². The zero-order chi connectivity index (χ0) is 15.2. The molecule has 0 saturated carbocycles. The summed E-state index contributed by atoms with van der Waals surface area (Å²) in [4.78, 5) is 0. The summed E-state index contributed by atoms with van der Waals surface area (Å²) in [6.07, 6.45) is 0. The van der Waals surface area contributed by atoms with E-state index in [1.54, 1.807) is 0 Å². The average molecular weight is 261 g/mol. The van der Waals surface area contributed by atoms with Crippen molar-refractivity contribution in [3.05, 3.63) is 0 Å². The van der Waals surface area contributed by atoms with Gasteiger partial charge in [0, 0.05) is 0 Å². The molecule has 0 unspecified atom stereocenters. The minimum Gasteiger partial charge on any atom is -0.360 e. The van der Waals surface area contributed by atoms with Crippen LogP contribution < -0.4 is 0 Å². The number of hydrogen-bond acceptors (Lipinski definition) is 3. The van der Waals surface area contributed by atoms with Crippen LogP contribution in [-0.4, -0.2) is 52.9 Å². The number of nitrogens with zero attached hydrogens (tertiary/aromatic N) is 3. The summed E-state index contributed by atoms with van der Waals surface area (Å²) in [6, 6.07) is 0. The fourth-order valence-electron chi connectivity index (χ4n) is 2.44. The van der Waals surface area contributed by atoms with Crippen molar-refractivity contribution in [2.24, 2.45) is 0 Å². The van der Waals surface area contributed by atoms with Crippen LogP contribution in [0.25, 0.3) is 0 Å². The van der Waals surface area contributed by atoms with Gasteiger partial charge in [-0.25, -0.2) is 0 Å². The van der Waals surface area contributed by atoms with Crippen molar-refractivity contribution in [1.29, 1.82) is 0 Å². The summed E-state index contributed by atoms with van der Waals surface area (Å²) in [7, 11) is 4.54. The van der Waals surface area contributed by atoms with E-state index in [1.807, 2.05) is 0 Å². The van der Waals surface area contributed by atoms with Gasteiger partial charge in [0.25, 0.3) is 22.1 Å². The lowest BCUT2D eigenvalue weighted by Crippen LogP contribution is -2.76. The molecule has 0 spiro atoms. The van der Waals surface area contributed by atoms with Crippen molar-refractivity contribution in [2.45, 2.75) is 85.8 Å². The third-order valence-electron chi connectivity index (χ3n) is 3.63. The molecule has 0 aromatic heterocycles. The SMILES string of the molecule is CB1N(C(C)(C)C)[B]N(C(C)(C)C)[B]N1C(C)(C)C. The molecular formula is C13H30B3N3. The van der Waals surface area contributed by atoms with Crippen LogP contribution in [0.15, 0.2) is 0 Å². The Labute approximate surface area is 122 Å². The lowest BCUT2D eigenvalue weighted by Gasteiger charge is -2.57. The van der Waals surface area contributed by atoms with Crippen LogP contribution in [0.4, 0.5) is 0 Å². The predicted octanol–water partition coefficient (Wildman–Crippen LogP) is 2.49. The smallest absolute Gasteiger partial charge is 0.291 e. The molecule has 0 aromatic carbocycles. The fraction of sp³-hybridized carbons (Fsp3) is 1.00. The van der Waals surface area contributed by atoms with E-state index < -0.39 is 0 Å². The van der Waals surface area contributed by atoms with Gasteiger partial charge in [0.2, 0.25) is 0 Å². The Balaban J connectivity index is 3.08. The minimum atomic E-state index is 0.0904. The van der Waals surface area contributed by atoms with Crippen LogP contribution in [0.1, 0.15) is 62.3 Å². The van der Waals surface area contributed by atoms with Crippen molar-refractivity contribution in [1.82, 2.24) is 14.2 Å². The second kappa shape index (κ2) is 5.12. The Bertz CT molecular complexity index is 291. The van der Waals surface area contributed by atoms with Gasteiger partial charge in [0.15, 0.2) is 0 Å². The molecule has 1 fully saturated rings. The topological polar surface area (TPSA) is 9.72 Å². The first-order valence-corrected chi connectivity index (χ1v) is 7.30. The molecule has 1 heterocycles. The van der Waals surface area contributed by atoms with Crippen LogP contribution in [0.2, 0.25) is 6.82 Å². The van der Waals surface area contributed by atoms with E-state index in [0.29, 0.717) is 6.98 Å². The van der Waals surface area contributed by atoms with E-state index in [-0.39, 0.29) is 16.6 Å². The first kappa shape index (κ1) is 17.1. The predicted molar refractivity (Wildman–Crippen MR) is 87.9 cm³/mol. The van der Waals surface area contributed by atoms with E-state index >= 15 is 0 Å². The van der Waals surface area contributed by atoms with Crippen molar-refractivity contribution in [3.63, 3.8) is 0 Å². The molecule has 3 nitrogen and oxygen atoms in total. The van der Waals surface area contributed by atoms with E-state index in [2.05, 4.69) is 98.4 Å². The maximum absolute atomic E-state index is 2.45. The largest absolute Gasteiger partial charge is 0.360 e. The van der Waals surface area contributed by atoms with Gasteiger partial charge >= 0.3 is 0 Å². The van der Waals surface area contributed by atoms with Crippen LogP contribution >= 0.6 is 0 Å². The Morgan fingerprint density at radius 2 is 0.947 bits per heavy atom. The summed E-state index contributed by atoms with van der Waals surface area (Å²) in [5.41, 5.74) is 0.314. The van der Waals surface area contributed by atoms with Gasteiger partial charge in [-0.1, -0.05) is 6.82 Å². The molecule has 19 heavy (non-hydrogen) atoms. The van der Waals surface area contributed by atoms with Crippen LogP contribution in [0.5, 0.6) is 0 Å². The van der Waals surface area contributed by atoms with Gasteiger partial charge in [-0.05, 0) is 78.9 Å². The normalized spacial score (nSPS) is 21.3. The molecule has 0 bridgehead atoms. The van der Waals surface area contributed by atoms with E-state index in [9.17, 15) is 0 Å². The molecule has 106 valence electrons. The van der Waals surface area contributed by atoms with Gasteiger partial charge in [-0.2, -0.15) is 0 Å². The van der Waals surface area contributed by atoms with Crippen molar-refractivity contribution in [3.8, 4) is 0 Å². The minimum absolute atomic E-state index is 0.0904.